The Bertz CT molecular complexity index is 141. The highest BCUT2D eigenvalue weighted by molar-refractivity contribution is 4.87. The van der Waals surface area contributed by atoms with Gasteiger partial charge in [0, 0.05) is 13.1 Å². The molecule has 1 aliphatic rings. The van der Waals surface area contributed by atoms with Crippen molar-refractivity contribution in [3.63, 3.8) is 0 Å². The van der Waals surface area contributed by atoms with Gasteiger partial charge in [-0.3, -0.25) is 0 Å². The molecule has 0 bridgehead atoms. The van der Waals surface area contributed by atoms with E-state index in [0.29, 0.717) is 13.1 Å². The van der Waals surface area contributed by atoms with Crippen molar-refractivity contribution in [1.82, 2.24) is 5.32 Å². The molecule has 0 aliphatic carbocycles. The van der Waals surface area contributed by atoms with Crippen LogP contribution >= 0.6 is 0 Å². The summed E-state index contributed by atoms with van der Waals surface area (Å²) in [6.07, 6.45) is 4.47. The standard InChI is InChI=1S/C7H11NO2/c1-2-3-10-7-5-8-4-6(7)9/h1,6-9H,3-5H2/t6-,7+/m0/s1. The van der Waals surface area contributed by atoms with Gasteiger partial charge in [-0.1, -0.05) is 5.92 Å². The second-order valence-corrected chi connectivity index (χ2v) is 2.28. The van der Waals surface area contributed by atoms with Gasteiger partial charge in [0.1, 0.15) is 6.61 Å². The third-order valence-corrected chi connectivity index (χ3v) is 1.51. The molecule has 1 rings (SSSR count). The third kappa shape index (κ3) is 1.71. The number of aliphatic hydroxyl groups is 1. The Morgan fingerprint density at radius 3 is 3.00 bits per heavy atom. The smallest absolute Gasteiger partial charge is 0.108 e. The fourth-order valence-electron chi connectivity index (χ4n) is 0.966. The fourth-order valence-corrected chi connectivity index (χ4v) is 0.966. The van der Waals surface area contributed by atoms with Gasteiger partial charge in [0.2, 0.25) is 0 Å². The maximum atomic E-state index is 9.16. The monoisotopic (exact) mass is 141 g/mol. The Morgan fingerprint density at radius 1 is 1.70 bits per heavy atom. The lowest BCUT2D eigenvalue weighted by Crippen LogP contribution is -2.26. The molecule has 0 radical (unpaired) electrons. The quantitative estimate of drug-likeness (QED) is 0.483. The molecule has 0 aromatic rings. The second-order valence-electron chi connectivity index (χ2n) is 2.28. The molecule has 0 amide bonds. The average Bonchev–Trinajstić information content (AvgIpc) is 2.31. The molecule has 0 aromatic carbocycles. The Hall–Kier alpha value is -0.560. The first-order chi connectivity index (χ1) is 4.84. The van der Waals surface area contributed by atoms with Gasteiger partial charge in [-0.15, -0.1) is 6.42 Å². The van der Waals surface area contributed by atoms with Gasteiger partial charge in [-0.05, 0) is 0 Å². The zero-order valence-electron chi connectivity index (χ0n) is 5.71. The molecule has 1 fully saturated rings. The molecule has 0 saturated carbocycles. The second kappa shape index (κ2) is 3.57. The molecule has 0 unspecified atom stereocenters. The zero-order chi connectivity index (χ0) is 7.40. The molecule has 0 aromatic heterocycles. The van der Waals surface area contributed by atoms with Crippen LogP contribution in [0, 0.1) is 12.3 Å². The Balaban J connectivity index is 2.21. The van der Waals surface area contributed by atoms with E-state index in [1.165, 1.54) is 0 Å². The van der Waals surface area contributed by atoms with Crippen LogP contribution in [-0.2, 0) is 4.74 Å². The number of aliphatic hydroxyl groups excluding tert-OH is 1. The van der Waals surface area contributed by atoms with Crippen LogP contribution < -0.4 is 5.32 Å². The Labute approximate surface area is 60.4 Å². The van der Waals surface area contributed by atoms with Crippen molar-refractivity contribution in [3.8, 4) is 12.3 Å². The Morgan fingerprint density at radius 2 is 2.50 bits per heavy atom. The van der Waals surface area contributed by atoms with Gasteiger partial charge in [-0.25, -0.2) is 0 Å². The van der Waals surface area contributed by atoms with Crippen LogP contribution in [0.5, 0.6) is 0 Å². The summed E-state index contributed by atoms with van der Waals surface area (Å²) in [6, 6.07) is 0. The predicted molar refractivity (Wildman–Crippen MR) is 37.4 cm³/mol. The van der Waals surface area contributed by atoms with E-state index in [0.717, 1.165) is 0 Å². The first kappa shape index (κ1) is 7.55. The van der Waals surface area contributed by atoms with Crippen LogP contribution in [0.2, 0.25) is 0 Å². The Kier molecular flexibility index (Phi) is 2.69. The maximum absolute atomic E-state index is 9.16. The van der Waals surface area contributed by atoms with Gasteiger partial charge in [0.05, 0.1) is 12.2 Å². The van der Waals surface area contributed by atoms with E-state index < -0.39 is 6.10 Å². The molecule has 3 heteroatoms. The minimum atomic E-state index is -0.395. The lowest BCUT2D eigenvalue weighted by Gasteiger charge is -2.11. The molecular formula is C7H11NO2. The minimum Gasteiger partial charge on any atom is -0.389 e. The van der Waals surface area contributed by atoms with E-state index in [1.54, 1.807) is 0 Å². The van der Waals surface area contributed by atoms with Crippen molar-refractivity contribution >= 4 is 0 Å². The van der Waals surface area contributed by atoms with E-state index in [4.69, 9.17) is 16.3 Å². The number of rotatable bonds is 2. The van der Waals surface area contributed by atoms with Crippen molar-refractivity contribution in [2.75, 3.05) is 19.7 Å². The summed E-state index contributed by atoms with van der Waals surface area (Å²) in [7, 11) is 0. The first-order valence-corrected chi connectivity index (χ1v) is 3.28. The van der Waals surface area contributed by atoms with Crippen molar-refractivity contribution < 1.29 is 9.84 Å². The van der Waals surface area contributed by atoms with E-state index in [-0.39, 0.29) is 12.7 Å². The van der Waals surface area contributed by atoms with Crippen LogP contribution in [0.4, 0.5) is 0 Å². The van der Waals surface area contributed by atoms with Crippen LogP contribution in [0.1, 0.15) is 0 Å². The molecule has 56 valence electrons. The number of hydrogen-bond donors (Lipinski definition) is 2. The highest BCUT2D eigenvalue weighted by Crippen LogP contribution is 2.03. The molecule has 0 spiro atoms. The van der Waals surface area contributed by atoms with Gasteiger partial charge in [0.15, 0.2) is 0 Å². The fraction of sp³-hybridized carbons (Fsp3) is 0.714. The highest BCUT2D eigenvalue weighted by Gasteiger charge is 2.24. The molecule has 3 nitrogen and oxygen atoms in total. The lowest BCUT2D eigenvalue weighted by molar-refractivity contribution is 0.00714. The highest BCUT2D eigenvalue weighted by atomic mass is 16.5. The van der Waals surface area contributed by atoms with E-state index >= 15 is 0 Å². The number of nitrogens with one attached hydrogen (secondary N) is 1. The van der Waals surface area contributed by atoms with Crippen LogP contribution in [0.3, 0.4) is 0 Å². The minimum absolute atomic E-state index is 0.115. The summed E-state index contributed by atoms with van der Waals surface area (Å²) in [5, 5.41) is 12.1. The van der Waals surface area contributed by atoms with Gasteiger partial charge in [0.25, 0.3) is 0 Å². The zero-order valence-corrected chi connectivity index (χ0v) is 5.71. The molecular weight excluding hydrogens is 130 g/mol. The third-order valence-electron chi connectivity index (χ3n) is 1.51. The summed E-state index contributed by atoms with van der Waals surface area (Å²) < 4.78 is 5.12. The summed E-state index contributed by atoms with van der Waals surface area (Å²) in [4.78, 5) is 0. The molecule has 10 heavy (non-hydrogen) atoms. The van der Waals surface area contributed by atoms with E-state index in [9.17, 15) is 0 Å². The normalized spacial score (nSPS) is 32.0. The SMILES string of the molecule is C#CCO[C@@H]1CNC[C@@H]1O. The maximum Gasteiger partial charge on any atom is 0.108 e. The van der Waals surface area contributed by atoms with E-state index in [2.05, 4.69) is 11.2 Å². The van der Waals surface area contributed by atoms with E-state index in [1.807, 2.05) is 0 Å². The number of β-amino-alcohol motifs (C(OH)–C–C–N with tert-alkyl or cyclic N) is 1. The van der Waals surface area contributed by atoms with Crippen molar-refractivity contribution in [3.05, 3.63) is 0 Å². The van der Waals surface area contributed by atoms with Crippen LogP contribution in [-0.4, -0.2) is 37.0 Å². The average molecular weight is 141 g/mol. The summed E-state index contributed by atoms with van der Waals surface area (Å²) in [5.41, 5.74) is 0. The van der Waals surface area contributed by atoms with Gasteiger partial charge < -0.3 is 15.2 Å². The van der Waals surface area contributed by atoms with Crippen molar-refractivity contribution in [1.29, 1.82) is 0 Å². The first-order valence-electron chi connectivity index (χ1n) is 3.28. The number of hydrogen-bond acceptors (Lipinski definition) is 3. The summed E-state index contributed by atoms with van der Waals surface area (Å²) in [6.45, 7) is 1.58. The number of ether oxygens (including phenoxy) is 1. The molecule has 2 N–H and O–H groups in total. The lowest BCUT2D eigenvalue weighted by atomic mass is 10.3. The van der Waals surface area contributed by atoms with Crippen molar-refractivity contribution in [2.45, 2.75) is 12.2 Å². The summed E-state index contributed by atoms with van der Waals surface area (Å²) >= 11 is 0. The van der Waals surface area contributed by atoms with Crippen LogP contribution in [0.15, 0.2) is 0 Å². The predicted octanol–water partition coefficient (Wildman–Crippen LogP) is -1.03. The largest absolute Gasteiger partial charge is 0.389 e. The van der Waals surface area contributed by atoms with Crippen LogP contribution in [0.25, 0.3) is 0 Å². The topological polar surface area (TPSA) is 41.5 Å². The molecule has 1 heterocycles. The van der Waals surface area contributed by atoms with Gasteiger partial charge in [-0.2, -0.15) is 0 Å². The molecule has 1 aliphatic heterocycles. The van der Waals surface area contributed by atoms with Gasteiger partial charge >= 0.3 is 0 Å². The molecule has 2 atom stereocenters. The number of terminal acetylenes is 1. The van der Waals surface area contributed by atoms with Crippen molar-refractivity contribution in [2.24, 2.45) is 0 Å². The molecule has 1 saturated heterocycles. The summed E-state index contributed by atoms with van der Waals surface area (Å²) in [5.74, 6) is 2.35.